The van der Waals surface area contributed by atoms with Gasteiger partial charge in [-0.15, -0.1) is 0 Å². The lowest BCUT2D eigenvalue weighted by molar-refractivity contribution is -0.118. The molecule has 3 aromatic rings. The molecule has 1 fully saturated rings. The summed E-state index contributed by atoms with van der Waals surface area (Å²) in [5.41, 5.74) is 3.20. The van der Waals surface area contributed by atoms with Crippen LogP contribution in [0, 0.1) is 12.7 Å². The average Bonchev–Trinajstić information content (AvgIpc) is 3.29. The van der Waals surface area contributed by atoms with Crippen molar-refractivity contribution in [1.82, 2.24) is 14.9 Å². The second-order valence-electron chi connectivity index (χ2n) is 7.91. The van der Waals surface area contributed by atoms with Gasteiger partial charge in [0, 0.05) is 25.8 Å². The minimum absolute atomic E-state index is 0.0694. The molecule has 4 rings (SSSR count). The molecule has 0 radical (unpaired) electrons. The van der Waals surface area contributed by atoms with Crippen LogP contribution < -0.4 is 15.0 Å². The molecule has 7 nitrogen and oxygen atoms in total. The van der Waals surface area contributed by atoms with Gasteiger partial charge in [-0.05, 0) is 48.4 Å². The Hall–Kier alpha value is -3.72. The molecule has 2 aromatic carbocycles. The predicted octanol–water partition coefficient (Wildman–Crippen LogP) is 3.79. The quantitative estimate of drug-likeness (QED) is 0.535. The molecule has 0 aliphatic carbocycles. The minimum Gasteiger partial charge on any atom is -0.495 e. The number of amides is 1. The average molecular weight is 469 g/mol. The molecule has 2 heterocycles. The summed E-state index contributed by atoms with van der Waals surface area (Å²) >= 11 is 0. The van der Waals surface area contributed by atoms with Crippen LogP contribution in [-0.2, 0) is 16.1 Å². The number of carbonyl (C=O) groups excluding carboxylic acids is 1. The summed E-state index contributed by atoms with van der Waals surface area (Å²) in [7, 11) is 1.52. The summed E-state index contributed by atoms with van der Waals surface area (Å²) in [5, 5.41) is 2.55. The van der Waals surface area contributed by atoms with Crippen LogP contribution in [-0.4, -0.2) is 48.9 Å². The van der Waals surface area contributed by atoms with Gasteiger partial charge in [-0.1, -0.05) is 12.1 Å². The van der Waals surface area contributed by atoms with Crippen LogP contribution in [0.4, 0.5) is 14.5 Å². The Morgan fingerprint density at radius 1 is 1.21 bits per heavy atom. The van der Waals surface area contributed by atoms with Gasteiger partial charge in [-0.2, -0.15) is 0 Å². The van der Waals surface area contributed by atoms with Crippen molar-refractivity contribution < 1.29 is 23.0 Å². The van der Waals surface area contributed by atoms with Crippen molar-refractivity contribution in [3.63, 3.8) is 0 Å². The lowest BCUT2D eigenvalue weighted by atomic mass is 10.1. The van der Waals surface area contributed by atoms with E-state index in [0.29, 0.717) is 48.9 Å². The van der Waals surface area contributed by atoms with E-state index in [1.54, 1.807) is 41.2 Å². The maximum Gasteiger partial charge on any atom is 0.280 e. The fraction of sp³-hybridized carbons (Fsp3) is 0.280. The number of halogens is 2. The van der Waals surface area contributed by atoms with Gasteiger partial charge < -0.3 is 24.3 Å². The molecule has 1 aliphatic rings. The zero-order valence-electron chi connectivity index (χ0n) is 19.1. The zero-order chi connectivity index (χ0) is 24.1. The molecule has 0 spiro atoms. The highest BCUT2D eigenvalue weighted by Gasteiger charge is 2.16. The number of morpholine rings is 1. The Morgan fingerprint density at radius 3 is 2.71 bits per heavy atom. The van der Waals surface area contributed by atoms with Crippen molar-refractivity contribution in [2.75, 3.05) is 38.3 Å². The Balaban J connectivity index is 1.43. The lowest BCUT2D eigenvalue weighted by Crippen LogP contribution is -2.36. The normalized spacial score (nSPS) is 14.2. The van der Waals surface area contributed by atoms with Gasteiger partial charge in [0.25, 0.3) is 5.91 Å². The molecule has 1 amide bonds. The van der Waals surface area contributed by atoms with E-state index in [1.807, 2.05) is 18.0 Å². The number of rotatable bonds is 7. The number of methoxy groups -OCH3 is 1. The van der Waals surface area contributed by atoms with Crippen molar-refractivity contribution in [3.05, 3.63) is 77.4 Å². The molecule has 1 aliphatic heterocycles. The van der Waals surface area contributed by atoms with Crippen molar-refractivity contribution in [2.24, 2.45) is 0 Å². The first-order valence-corrected chi connectivity index (χ1v) is 10.9. The number of anilines is 1. The third kappa shape index (κ3) is 5.43. The first kappa shape index (κ1) is 23.4. The van der Waals surface area contributed by atoms with Crippen LogP contribution in [0.15, 0.2) is 54.7 Å². The van der Waals surface area contributed by atoms with Gasteiger partial charge in [0.2, 0.25) is 0 Å². The molecule has 34 heavy (non-hydrogen) atoms. The molecule has 9 heteroatoms. The van der Waals surface area contributed by atoms with Crippen molar-refractivity contribution >= 4 is 17.7 Å². The molecule has 0 atom stereocenters. The Kier molecular flexibility index (Phi) is 7.22. The number of carbonyl (C=O) groups is 1. The van der Waals surface area contributed by atoms with E-state index < -0.39 is 11.7 Å². The Bertz CT molecular complexity index is 1200. The highest BCUT2D eigenvalue weighted by molar-refractivity contribution is 5.95. The van der Waals surface area contributed by atoms with Crippen LogP contribution in [0.5, 0.6) is 5.75 Å². The molecule has 1 aromatic heterocycles. The third-order valence-electron chi connectivity index (χ3n) is 5.52. The molecule has 1 N–H and O–H groups in total. The van der Waals surface area contributed by atoms with E-state index >= 15 is 0 Å². The zero-order valence-corrected chi connectivity index (χ0v) is 19.1. The lowest BCUT2D eigenvalue weighted by Gasteiger charge is -2.29. The van der Waals surface area contributed by atoms with E-state index in [9.17, 15) is 13.6 Å². The number of nitrogens with zero attached hydrogens (tertiary/aromatic N) is 3. The minimum atomic E-state index is -0.941. The summed E-state index contributed by atoms with van der Waals surface area (Å²) in [4.78, 5) is 18.4. The number of benzene rings is 2. The second kappa shape index (κ2) is 10.5. The number of hydrogen-bond donors (Lipinski definition) is 1. The van der Waals surface area contributed by atoms with Gasteiger partial charge in [0.05, 0.1) is 43.7 Å². The van der Waals surface area contributed by atoms with Gasteiger partial charge in [0.15, 0.2) is 5.83 Å². The molecule has 178 valence electrons. The molecular formula is C25H26F2N4O3. The molecule has 0 unspecified atom stereocenters. The maximum absolute atomic E-state index is 14.6. The molecule has 0 bridgehead atoms. The van der Waals surface area contributed by atoms with Gasteiger partial charge >= 0.3 is 0 Å². The number of aryl methyl sites for hydroxylation is 1. The van der Waals surface area contributed by atoms with Crippen molar-refractivity contribution in [1.29, 1.82) is 0 Å². The van der Waals surface area contributed by atoms with E-state index in [0.717, 1.165) is 17.5 Å². The van der Waals surface area contributed by atoms with Crippen LogP contribution >= 0.6 is 0 Å². The standard InChI is InChI=1S/C25H26F2N4O3/c1-17-15-31(16-29-17)22-6-4-18(13-24(22)33-2)11-21(27)25(32)28-14-19-3-5-20(26)23(12-19)30-7-9-34-10-8-30/h3-6,11-13,15-16H,7-10,14H2,1-2H3,(H,28,32)/b21-11+. The topological polar surface area (TPSA) is 68.6 Å². The number of imidazole rings is 1. The van der Waals surface area contributed by atoms with Crippen LogP contribution in [0.2, 0.25) is 0 Å². The summed E-state index contributed by atoms with van der Waals surface area (Å²) in [5.74, 6) is -1.62. The molecule has 1 saturated heterocycles. The van der Waals surface area contributed by atoms with E-state index in [4.69, 9.17) is 9.47 Å². The van der Waals surface area contributed by atoms with Crippen LogP contribution in [0.25, 0.3) is 11.8 Å². The number of aromatic nitrogens is 2. The van der Waals surface area contributed by atoms with Gasteiger partial charge in [-0.25, -0.2) is 13.8 Å². The highest BCUT2D eigenvalue weighted by Crippen LogP contribution is 2.26. The SMILES string of the molecule is COc1cc(/C=C(/F)C(=O)NCc2ccc(F)c(N3CCOCC3)c2)ccc1-n1cnc(C)c1. The largest absolute Gasteiger partial charge is 0.495 e. The summed E-state index contributed by atoms with van der Waals surface area (Å²) < 4.78 is 41.4. The number of hydrogen-bond acceptors (Lipinski definition) is 5. The maximum atomic E-state index is 14.6. The van der Waals surface area contributed by atoms with Crippen LogP contribution in [0.1, 0.15) is 16.8 Å². The van der Waals surface area contributed by atoms with Crippen molar-refractivity contribution in [3.8, 4) is 11.4 Å². The summed E-state index contributed by atoms with van der Waals surface area (Å²) in [6.07, 6.45) is 4.66. The smallest absolute Gasteiger partial charge is 0.280 e. The number of ether oxygens (including phenoxy) is 2. The van der Waals surface area contributed by atoms with Gasteiger partial charge in [0.1, 0.15) is 11.6 Å². The van der Waals surface area contributed by atoms with E-state index in [1.165, 1.54) is 13.2 Å². The predicted molar refractivity (Wildman–Crippen MR) is 125 cm³/mol. The monoisotopic (exact) mass is 468 g/mol. The first-order valence-electron chi connectivity index (χ1n) is 10.9. The number of nitrogens with one attached hydrogen (secondary N) is 1. The van der Waals surface area contributed by atoms with Crippen molar-refractivity contribution in [2.45, 2.75) is 13.5 Å². The molecule has 0 saturated carbocycles. The fourth-order valence-electron chi connectivity index (χ4n) is 3.74. The first-order chi connectivity index (χ1) is 16.4. The Morgan fingerprint density at radius 2 is 2.00 bits per heavy atom. The highest BCUT2D eigenvalue weighted by atomic mass is 19.1. The Labute approximate surface area is 196 Å². The van der Waals surface area contributed by atoms with Gasteiger partial charge in [-0.3, -0.25) is 4.79 Å². The van der Waals surface area contributed by atoms with E-state index in [-0.39, 0.29) is 12.4 Å². The van der Waals surface area contributed by atoms with E-state index in [2.05, 4.69) is 10.3 Å². The summed E-state index contributed by atoms with van der Waals surface area (Å²) in [6.45, 7) is 4.19. The third-order valence-corrected chi connectivity index (χ3v) is 5.52. The second-order valence-corrected chi connectivity index (χ2v) is 7.91. The molecular weight excluding hydrogens is 442 g/mol. The van der Waals surface area contributed by atoms with Crippen LogP contribution in [0.3, 0.4) is 0 Å². The fourth-order valence-corrected chi connectivity index (χ4v) is 3.74. The summed E-state index contributed by atoms with van der Waals surface area (Å²) in [6, 6.07) is 9.70.